The van der Waals surface area contributed by atoms with E-state index in [0.717, 1.165) is 6.54 Å². The largest absolute Gasteiger partial charge is 0.309 e. The molecule has 0 unspecified atom stereocenters. The summed E-state index contributed by atoms with van der Waals surface area (Å²) in [4.78, 5) is 2.19. The van der Waals surface area contributed by atoms with E-state index in [1.807, 2.05) is 0 Å². The van der Waals surface area contributed by atoms with Crippen molar-refractivity contribution in [2.24, 2.45) is 0 Å². The van der Waals surface area contributed by atoms with E-state index in [1.165, 1.54) is 12.0 Å². The zero-order valence-corrected chi connectivity index (χ0v) is 6.94. The van der Waals surface area contributed by atoms with Gasteiger partial charge in [0, 0.05) is 6.54 Å². The van der Waals surface area contributed by atoms with Crippen LogP contribution in [0.2, 0.25) is 0 Å². The molecule has 0 N–H and O–H groups in total. The second-order valence-corrected chi connectivity index (χ2v) is 2.87. The first-order valence-electron chi connectivity index (χ1n) is 3.41. The molecule has 0 rings (SSSR count). The van der Waals surface area contributed by atoms with Crippen molar-refractivity contribution < 1.29 is 0 Å². The standard InChI is InChI=1S/C8H17N/c1-8(2)6-5-7-9(3)4/h6H,5,7H2,1-4H3. The van der Waals surface area contributed by atoms with Gasteiger partial charge in [-0.2, -0.15) is 0 Å². The Morgan fingerprint density at radius 1 is 1.33 bits per heavy atom. The average molecular weight is 127 g/mol. The van der Waals surface area contributed by atoms with Crippen LogP contribution in [0.3, 0.4) is 0 Å². The summed E-state index contributed by atoms with van der Waals surface area (Å²) in [5.41, 5.74) is 1.41. The third-order valence-corrected chi connectivity index (χ3v) is 1.13. The molecular formula is C8H17N. The van der Waals surface area contributed by atoms with Gasteiger partial charge in [-0.1, -0.05) is 11.6 Å². The van der Waals surface area contributed by atoms with Crippen molar-refractivity contribution in [3.8, 4) is 0 Å². The van der Waals surface area contributed by atoms with E-state index in [4.69, 9.17) is 0 Å². The number of hydrogen-bond acceptors (Lipinski definition) is 1. The maximum absolute atomic E-state index is 2.26. The Labute approximate surface area is 58.4 Å². The minimum Gasteiger partial charge on any atom is -0.309 e. The van der Waals surface area contributed by atoms with E-state index < -0.39 is 0 Å². The first kappa shape index (κ1) is 8.70. The highest BCUT2D eigenvalue weighted by atomic mass is 15.0. The lowest BCUT2D eigenvalue weighted by Gasteiger charge is -2.05. The number of hydrogen-bond donors (Lipinski definition) is 0. The molecule has 0 aromatic rings. The maximum Gasteiger partial charge on any atom is 0.000990 e. The number of nitrogens with zero attached hydrogens (tertiary/aromatic N) is 1. The molecule has 0 heterocycles. The molecule has 0 saturated carbocycles. The van der Waals surface area contributed by atoms with Crippen LogP contribution in [0, 0.1) is 0 Å². The molecule has 0 saturated heterocycles. The molecule has 1 heteroatoms. The zero-order valence-electron chi connectivity index (χ0n) is 6.94. The van der Waals surface area contributed by atoms with Crippen molar-refractivity contribution >= 4 is 0 Å². The highest BCUT2D eigenvalue weighted by Crippen LogP contribution is 1.92. The van der Waals surface area contributed by atoms with Gasteiger partial charge in [-0.25, -0.2) is 0 Å². The summed E-state index contributed by atoms with van der Waals surface area (Å²) in [7, 11) is 4.19. The second kappa shape index (κ2) is 4.57. The molecule has 0 atom stereocenters. The molecule has 54 valence electrons. The molecule has 0 radical (unpaired) electrons. The van der Waals surface area contributed by atoms with Crippen LogP contribution in [0.1, 0.15) is 20.3 Å². The SMILES string of the molecule is CC(C)=CCCN(C)C. The van der Waals surface area contributed by atoms with Crippen molar-refractivity contribution in [3.05, 3.63) is 11.6 Å². The third-order valence-electron chi connectivity index (χ3n) is 1.13. The molecule has 0 aromatic heterocycles. The van der Waals surface area contributed by atoms with E-state index in [1.54, 1.807) is 0 Å². The summed E-state index contributed by atoms with van der Waals surface area (Å²) in [5.74, 6) is 0. The smallest absolute Gasteiger partial charge is 0.000990 e. The molecule has 0 bridgehead atoms. The van der Waals surface area contributed by atoms with Crippen molar-refractivity contribution in [2.45, 2.75) is 20.3 Å². The fourth-order valence-corrected chi connectivity index (χ4v) is 0.611. The van der Waals surface area contributed by atoms with Gasteiger partial charge in [0.1, 0.15) is 0 Å². The first-order chi connectivity index (χ1) is 4.13. The quantitative estimate of drug-likeness (QED) is 0.523. The molecule has 0 aliphatic carbocycles. The minimum absolute atomic E-state index is 1.16. The summed E-state index contributed by atoms with van der Waals surface area (Å²) >= 11 is 0. The van der Waals surface area contributed by atoms with E-state index in [9.17, 15) is 0 Å². The van der Waals surface area contributed by atoms with Gasteiger partial charge in [0.25, 0.3) is 0 Å². The van der Waals surface area contributed by atoms with Crippen LogP contribution in [-0.2, 0) is 0 Å². The van der Waals surface area contributed by atoms with Gasteiger partial charge in [-0.05, 0) is 34.4 Å². The van der Waals surface area contributed by atoms with E-state index >= 15 is 0 Å². The van der Waals surface area contributed by atoms with Gasteiger partial charge in [-0.3, -0.25) is 0 Å². The van der Waals surface area contributed by atoms with Crippen LogP contribution in [-0.4, -0.2) is 25.5 Å². The fourth-order valence-electron chi connectivity index (χ4n) is 0.611. The first-order valence-corrected chi connectivity index (χ1v) is 3.41. The lowest BCUT2D eigenvalue weighted by Crippen LogP contribution is -2.11. The highest BCUT2D eigenvalue weighted by molar-refractivity contribution is 4.92. The predicted molar refractivity (Wildman–Crippen MR) is 42.6 cm³/mol. The van der Waals surface area contributed by atoms with E-state index in [-0.39, 0.29) is 0 Å². The van der Waals surface area contributed by atoms with Crippen LogP contribution >= 0.6 is 0 Å². The average Bonchev–Trinajstić information content (AvgIpc) is 1.63. The third kappa shape index (κ3) is 7.70. The topological polar surface area (TPSA) is 3.24 Å². The normalized spacial score (nSPS) is 9.89. The monoisotopic (exact) mass is 127 g/mol. The highest BCUT2D eigenvalue weighted by Gasteiger charge is 1.84. The molecule has 0 amide bonds. The van der Waals surface area contributed by atoms with Crippen LogP contribution in [0.25, 0.3) is 0 Å². The van der Waals surface area contributed by atoms with Crippen molar-refractivity contribution in [3.63, 3.8) is 0 Å². The van der Waals surface area contributed by atoms with Crippen molar-refractivity contribution in [2.75, 3.05) is 20.6 Å². The van der Waals surface area contributed by atoms with Gasteiger partial charge in [0.2, 0.25) is 0 Å². The maximum atomic E-state index is 2.26. The number of rotatable bonds is 3. The van der Waals surface area contributed by atoms with Gasteiger partial charge in [0.15, 0.2) is 0 Å². The molecule has 0 aliphatic heterocycles. The molecule has 9 heavy (non-hydrogen) atoms. The van der Waals surface area contributed by atoms with E-state index in [0.29, 0.717) is 0 Å². The molecule has 0 fully saturated rings. The molecule has 0 aliphatic rings. The van der Waals surface area contributed by atoms with Crippen LogP contribution in [0.15, 0.2) is 11.6 Å². The molecular weight excluding hydrogens is 110 g/mol. The molecule has 0 aromatic carbocycles. The molecule has 1 nitrogen and oxygen atoms in total. The van der Waals surface area contributed by atoms with E-state index in [2.05, 4.69) is 38.9 Å². The van der Waals surface area contributed by atoms with Crippen molar-refractivity contribution in [1.82, 2.24) is 4.90 Å². The Morgan fingerprint density at radius 2 is 1.89 bits per heavy atom. The van der Waals surface area contributed by atoms with Gasteiger partial charge >= 0.3 is 0 Å². The fraction of sp³-hybridized carbons (Fsp3) is 0.750. The lowest BCUT2D eigenvalue weighted by atomic mass is 10.3. The number of allylic oxidation sites excluding steroid dienone is 1. The summed E-state index contributed by atoms with van der Waals surface area (Å²) < 4.78 is 0. The Balaban J connectivity index is 3.20. The summed E-state index contributed by atoms with van der Waals surface area (Å²) in [5, 5.41) is 0. The van der Waals surface area contributed by atoms with Crippen molar-refractivity contribution in [1.29, 1.82) is 0 Å². The zero-order chi connectivity index (χ0) is 7.28. The van der Waals surface area contributed by atoms with Gasteiger partial charge < -0.3 is 4.90 Å². The minimum atomic E-state index is 1.16. The van der Waals surface area contributed by atoms with Gasteiger partial charge in [0.05, 0.1) is 0 Å². The van der Waals surface area contributed by atoms with Crippen LogP contribution < -0.4 is 0 Å². The van der Waals surface area contributed by atoms with Crippen LogP contribution in [0.5, 0.6) is 0 Å². The Bertz CT molecular complexity index is 88.7. The Kier molecular flexibility index (Phi) is 4.41. The second-order valence-electron chi connectivity index (χ2n) is 2.87. The predicted octanol–water partition coefficient (Wildman–Crippen LogP) is 1.90. The summed E-state index contributed by atoms with van der Waals surface area (Å²) in [6.45, 7) is 5.43. The molecule has 0 spiro atoms. The summed E-state index contributed by atoms with van der Waals surface area (Å²) in [6, 6.07) is 0. The van der Waals surface area contributed by atoms with Crippen LogP contribution in [0.4, 0.5) is 0 Å². The summed E-state index contributed by atoms with van der Waals surface area (Å²) in [6.07, 6.45) is 3.44. The van der Waals surface area contributed by atoms with Gasteiger partial charge in [-0.15, -0.1) is 0 Å². The lowest BCUT2D eigenvalue weighted by molar-refractivity contribution is 0.417. The Morgan fingerprint density at radius 3 is 2.22 bits per heavy atom. The Hall–Kier alpha value is -0.300.